The maximum absolute atomic E-state index is 13.5. The van der Waals surface area contributed by atoms with Crippen LogP contribution in [0, 0.1) is 16.2 Å². The highest BCUT2D eigenvalue weighted by atomic mass is 16.6. The molecule has 1 aromatic carbocycles. The molecule has 3 saturated heterocycles. The quantitative estimate of drug-likeness (QED) is 0.550. The summed E-state index contributed by atoms with van der Waals surface area (Å²) in [5.74, 6) is -2.42. The molecule has 5 rings (SSSR count). The third kappa shape index (κ3) is 2.30. The van der Waals surface area contributed by atoms with Gasteiger partial charge in [-0.15, -0.1) is 0 Å². The molecule has 4 fully saturated rings. The van der Waals surface area contributed by atoms with Gasteiger partial charge >= 0.3 is 11.9 Å². The van der Waals surface area contributed by atoms with E-state index >= 15 is 0 Å². The third-order valence-corrected chi connectivity index (χ3v) is 7.97. The lowest BCUT2D eigenvalue weighted by Gasteiger charge is -2.51. The van der Waals surface area contributed by atoms with Crippen molar-refractivity contribution in [3.05, 3.63) is 24.3 Å². The van der Waals surface area contributed by atoms with Crippen molar-refractivity contribution in [2.24, 2.45) is 16.2 Å². The van der Waals surface area contributed by atoms with Crippen LogP contribution in [-0.2, 0) is 28.7 Å². The number of hydrogen-bond donors (Lipinski definition) is 3. The summed E-state index contributed by atoms with van der Waals surface area (Å²) in [5.41, 5.74) is -5.38. The number of ether oxygens (including phenoxy) is 2. The number of nitrogens with zero attached hydrogens (tertiary/aromatic N) is 1. The molecule has 0 aromatic heterocycles. The van der Waals surface area contributed by atoms with Gasteiger partial charge in [0.15, 0.2) is 6.23 Å². The molecule has 1 saturated carbocycles. The predicted molar refractivity (Wildman–Crippen MR) is 113 cm³/mol. The summed E-state index contributed by atoms with van der Waals surface area (Å²) in [7, 11) is 0. The molecule has 2 spiro atoms. The molecular formula is C23H26N2O8. The molecule has 6 atom stereocenters. The molecule has 33 heavy (non-hydrogen) atoms. The van der Waals surface area contributed by atoms with E-state index in [-0.39, 0.29) is 18.7 Å². The van der Waals surface area contributed by atoms with Gasteiger partial charge in [0.25, 0.3) is 5.91 Å². The van der Waals surface area contributed by atoms with Crippen LogP contribution in [0.15, 0.2) is 24.3 Å². The van der Waals surface area contributed by atoms with Crippen molar-refractivity contribution in [2.75, 3.05) is 10.2 Å². The number of hydrogen-bond acceptors (Lipinski definition) is 8. The zero-order valence-electron chi connectivity index (χ0n) is 18.7. The van der Waals surface area contributed by atoms with Crippen LogP contribution in [0.1, 0.15) is 40.5 Å². The van der Waals surface area contributed by atoms with Gasteiger partial charge in [0.05, 0.1) is 12.0 Å². The normalized spacial score (nSPS) is 39.2. The molecule has 2 amide bonds. The van der Waals surface area contributed by atoms with E-state index < -0.39 is 58.1 Å². The van der Waals surface area contributed by atoms with Crippen molar-refractivity contribution in [1.82, 2.24) is 0 Å². The standard InChI is InChI=1S/C23H26N2O8/c1-11(26)24-12-5-7-13(8-6-12)25-17(29)16(28)23-18(25)33-19(30)21(23)10-15(27)32-14(21)9-22(23,31)20(2,3)4/h5-8,14,16,18,28,31H,9-10H2,1-4H3,(H,24,26)/t14-,16-,18-,21-,22+,23+/m0/s1. The van der Waals surface area contributed by atoms with Crippen LogP contribution in [0.3, 0.4) is 0 Å². The van der Waals surface area contributed by atoms with Gasteiger partial charge < -0.3 is 25.0 Å². The van der Waals surface area contributed by atoms with Gasteiger partial charge in [-0.1, -0.05) is 20.8 Å². The van der Waals surface area contributed by atoms with Crippen LogP contribution >= 0.6 is 0 Å². The van der Waals surface area contributed by atoms with Gasteiger partial charge in [0.2, 0.25) is 5.91 Å². The summed E-state index contributed by atoms with van der Waals surface area (Å²) in [5, 5.41) is 26.2. The summed E-state index contributed by atoms with van der Waals surface area (Å²) < 4.78 is 11.2. The van der Waals surface area contributed by atoms with Gasteiger partial charge in [-0.25, -0.2) is 0 Å². The number of nitrogens with one attached hydrogen (secondary N) is 1. The second-order valence-corrected chi connectivity index (χ2v) is 10.4. The second-order valence-electron chi connectivity index (χ2n) is 10.4. The number of benzene rings is 1. The molecule has 1 aromatic rings. The maximum Gasteiger partial charge on any atom is 0.319 e. The summed E-state index contributed by atoms with van der Waals surface area (Å²) in [4.78, 5) is 51.7. The van der Waals surface area contributed by atoms with Crippen LogP contribution < -0.4 is 10.2 Å². The SMILES string of the molecule is CC(=O)Nc1ccc(N2C(=O)[C@H](O)[C@@]34[C@@H]2OC(=O)[C@@]32CC(=O)O[C@H]2C[C@@]4(O)C(C)(C)C)cc1. The minimum absolute atomic E-state index is 0.104. The number of carbonyl (C=O) groups is 4. The van der Waals surface area contributed by atoms with E-state index in [0.717, 1.165) is 4.90 Å². The number of carbonyl (C=O) groups excluding carboxylic acids is 4. The fourth-order valence-corrected chi connectivity index (χ4v) is 6.58. The zero-order valence-corrected chi connectivity index (χ0v) is 18.7. The number of rotatable bonds is 2. The van der Waals surface area contributed by atoms with Crippen LogP contribution in [-0.4, -0.2) is 58.0 Å². The highest BCUT2D eigenvalue weighted by molar-refractivity contribution is 6.05. The number of aliphatic hydroxyl groups excluding tert-OH is 1. The van der Waals surface area contributed by atoms with E-state index in [2.05, 4.69) is 5.32 Å². The van der Waals surface area contributed by atoms with E-state index in [1.54, 1.807) is 45.0 Å². The summed E-state index contributed by atoms with van der Waals surface area (Å²) in [6, 6.07) is 6.24. The Balaban J connectivity index is 1.70. The predicted octanol–water partition coefficient (Wildman–Crippen LogP) is 0.705. The molecule has 176 valence electrons. The van der Waals surface area contributed by atoms with Crippen molar-refractivity contribution in [3.63, 3.8) is 0 Å². The van der Waals surface area contributed by atoms with E-state index in [1.807, 2.05) is 0 Å². The minimum atomic E-state index is -1.82. The lowest BCUT2D eigenvalue weighted by Crippen LogP contribution is -2.65. The van der Waals surface area contributed by atoms with E-state index in [0.29, 0.717) is 11.4 Å². The van der Waals surface area contributed by atoms with Crippen molar-refractivity contribution in [1.29, 1.82) is 0 Å². The average molecular weight is 458 g/mol. The summed E-state index contributed by atoms with van der Waals surface area (Å²) >= 11 is 0. The highest BCUT2D eigenvalue weighted by Gasteiger charge is 2.92. The van der Waals surface area contributed by atoms with Gasteiger partial charge in [-0.3, -0.25) is 24.1 Å². The minimum Gasteiger partial charge on any atom is -0.461 e. The van der Waals surface area contributed by atoms with Crippen molar-refractivity contribution in [3.8, 4) is 0 Å². The van der Waals surface area contributed by atoms with Crippen LogP contribution in [0.25, 0.3) is 0 Å². The second kappa shape index (κ2) is 6.32. The van der Waals surface area contributed by atoms with Crippen molar-refractivity contribution >= 4 is 35.1 Å². The molecule has 1 aliphatic carbocycles. The van der Waals surface area contributed by atoms with Gasteiger partial charge in [-0.05, 0) is 29.7 Å². The Kier molecular flexibility index (Phi) is 4.19. The number of amides is 2. The Bertz CT molecular complexity index is 1090. The largest absolute Gasteiger partial charge is 0.461 e. The van der Waals surface area contributed by atoms with Crippen LogP contribution in [0.5, 0.6) is 0 Å². The first-order valence-electron chi connectivity index (χ1n) is 10.8. The topological polar surface area (TPSA) is 142 Å². The van der Waals surface area contributed by atoms with Gasteiger partial charge in [0, 0.05) is 24.7 Å². The lowest BCUT2D eigenvalue weighted by molar-refractivity contribution is -0.204. The molecule has 4 aliphatic rings. The fraction of sp³-hybridized carbons (Fsp3) is 0.565. The van der Waals surface area contributed by atoms with Gasteiger partial charge in [0.1, 0.15) is 23.0 Å². The molecule has 3 heterocycles. The van der Waals surface area contributed by atoms with Crippen LogP contribution in [0.2, 0.25) is 0 Å². The molecule has 0 radical (unpaired) electrons. The van der Waals surface area contributed by atoms with Gasteiger partial charge in [-0.2, -0.15) is 0 Å². The summed E-state index contributed by atoms with van der Waals surface area (Å²) in [6.45, 7) is 6.62. The first-order chi connectivity index (χ1) is 15.3. The van der Waals surface area contributed by atoms with Crippen molar-refractivity contribution < 1.29 is 38.9 Å². The fourth-order valence-electron chi connectivity index (χ4n) is 6.58. The van der Waals surface area contributed by atoms with Crippen molar-refractivity contribution in [2.45, 2.75) is 64.6 Å². The Morgan fingerprint density at radius 1 is 1.15 bits per heavy atom. The first kappa shape index (κ1) is 21.8. The first-order valence-corrected chi connectivity index (χ1v) is 10.8. The lowest BCUT2D eigenvalue weighted by atomic mass is 9.52. The molecule has 0 unspecified atom stereocenters. The Labute approximate surface area is 189 Å². The highest BCUT2D eigenvalue weighted by Crippen LogP contribution is 2.76. The third-order valence-electron chi connectivity index (χ3n) is 7.97. The van der Waals surface area contributed by atoms with E-state index in [1.165, 1.54) is 6.92 Å². The summed E-state index contributed by atoms with van der Waals surface area (Å²) in [6.07, 6.45) is -4.66. The van der Waals surface area contributed by atoms with E-state index in [9.17, 15) is 29.4 Å². The molecule has 3 aliphatic heterocycles. The average Bonchev–Trinajstić information content (AvgIpc) is 3.30. The molecule has 3 N–H and O–H groups in total. The molecule has 10 nitrogen and oxygen atoms in total. The molecule has 0 bridgehead atoms. The Morgan fingerprint density at radius 2 is 1.79 bits per heavy atom. The zero-order chi connectivity index (χ0) is 24.1. The monoisotopic (exact) mass is 458 g/mol. The number of aliphatic hydroxyl groups is 2. The maximum atomic E-state index is 13.5. The smallest absolute Gasteiger partial charge is 0.319 e. The Hall–Kier alpha value is -2.98. The molecule has 10 heteroatoms. The number of anilines is 2. The Morgan fingerprint density at radius 3 is 2.36 bits per heavy atom. The van der Waals surface area contributed by atoms with E-state index in [4.69, 9.17) is 9.47 Å². The number of esters is 2. The van der Waals surface area contributed by atoms with Crippen LogP contribution in [0.4, 0.5) is 11.4 Å². The molecular weight excluding hydrogens is 432 g/mol.